The number of benzene rings is 1. The molecule has 0 saturated heterocycles. The standard InChI is InChI=1S/C15H16Cl2FNO3/c16-11-2-1-3-12(17)10(11)6-13(20)19-8-15(18)5-4-9(7-15)14(21)22/h1-3,9H,4-8H2,(H,19,20)(H,21,22)/t9-,15+/m1/s1. The van der Waals surface area contributed by atoms with Crippen LogP contribution in [-0.2, 0) is 16.0 Å². The van der Waals surface area contributed by atoms with Crippen LogP contribution in [0.2, 0.25) is 10.0 Å². The minimum atomic E-state index is -1.66. The predicted octanol–water partition coefficient (Wildman–Crippen LogP) is 3.25. The zero-order valence-electron chi connectivity index (χ0n) is 11.7. The quantitative estimate of drug-likeness (QED) is 0.859. The minimum Gasteiger partial charge on any atom is -0.481 e. The number of hydrogen-bond donors (Lipinski definition) is 2. The fourth-order valence-electron chi connectivity index (χ4n) is 2.63. The second-order valence-corrected chi connectivity index (χ2v) is 6.40. The van der Waals surface area contributed by atoms with E-state index in [1.807, 2.05) is 0 Å². The number of amides is 1. The van der Waals surface area contributed by atoms with Gasteiger partial charge < -0.3 is 10.4 Å². The van der Waals surface area contributed by atoms with Gasteiger partial charge in [-0.2, -0.15) is 0 Å². The number of carbonyl (C=O) groups excluding carboxylic acids is 1. The summed E-state index contributed by atoms with van der Waals surface area (Å²) in [5.74, 6) is -2.07. The van der Waals surface area contributed by atoms with Gasteiger partial charge in [0, 0.05) is 10.0 Å². The maximum absolute atomic E-state index is 14.5. The smallest absolute Gasteiger partial charge is 0.306 e. The summed E-state index contributed by atoms with van der Waals surface area (Å²) < 4.78 is 14.5. The lowest BCUT2D eigenvalue weighted by Gasteiger charge is -2.20. The van der Waals surface area contributed by atoms with Gasteiger partial charge in [-0.05, 0) is 37.0 Å². The molecule has 0 radical (unpaired) electrons. The molecular weight excluding hydrogens is 332 g/mol. The molecule has 4 nitrogen and oxygen atoms in total. The van der Waals surface area contributed by atoms with E-state index in [9.17, 15) is 14.0 Å². The van der Waals surface area contributed by atoms with Gasteiger partial charge in [-0.1, -0.05) is 29.3 Å². The number of carboxylic acid groups (broad SMARTS) is 1. The highest BCUT2D eigenvalue weighted by Crippen LogP contribution is 2.37. The Hall–Kier alpha value is -1.33. The van der Waals surface area contributed by atoms with Crippen molar-refractivity contribution < 1.29 is 19.1 Å². The van der Waals surface area contributed by atoms with Crippen LogP contribution in [0.15, 0.2) is 18.2 Å². The molecule has 0 heterocycles. The predicted molar refractivity (Wildman–Crippen MR) is 82.0 cm³/mol. The van der Waals surface area contributed by atoms with Crippen molar-refractivity contribution in [1.29, 1.82) is 0 Å². The molecule has 1 aromatic rings. The Morgan fingerprint density at radius 2 is 2.00 bits per heavy atom. The Morgan fingerprint density at radius 1 is 1.36 bits per heavy atom. The molecule has 0 bridgehead atoms. The minimum absolute atomic E-state index is 0.0447. The Labute approximate surface area is 137 Å². The summed E-state index contributed by atoms with van der Waals surface area (Å²) in [6.45, 7) is -0.197. The molecule has 1 aromatic carbocycles. The molecule has 0 spiro atoms. The molecule has 0 unspecified atom stereocenters. The van der Waals surface area contributed by atoms with Gasteiger partial charge in [0.2, 0.25) is 5.91 Å². The largest absolute Gasteiger partial charge is 0.481 e. The highest BCUT2D eigenvalue weighted by atomic mass is 35.5. The molecule has 1 aliphatic rings. The normalized spacial score (nSPS) is 24.2. The van der Waals surface area contributed by atoms with Crippen LogP contribution in [0.3, 0.4) is 0 Å². The van der Waals surface area contributed by atoms with Gasteiger partial charge in [0.15, 0.2) is 0 Å². The van der Waals surface area contributed by atoms with E-state index in [2.05, 4.69) is 5.32 Å². The number of carbonyl (C=O) groups is 2. The summed E-state index contributed by atoms with van der Waals surface area (Å²) in [5, 5.41) is 12.2. The van der Waals surface area contributed by atoms with Crippen molar-refractivity contribution in [3.8, 4) is 0 Å². The fraction of sp³-hybridized carbons (Fsp3) is 0.467. The molecule has 0 aliphatic heterocycles. The first kappa shape index (κ1) is 17.0. The second kappa shape index (κ2) is 6.84. The van der Waals surface area contributed by atoms with Crippen LogP contribution in [0.4, 0.5) is 4.39 Å². The van der Waals surface area contributed by atoms with Crippen LogP contribution < -0.4 is 5.32 Å². The van der Waals surface area contributed by atoms with Crippen molar-refractivity contribution in [2.75, 3.05) is 6.54 Å². The van der Waals surface area contributed by atoms with E-state index in [4.69, 9.17) is 28.3 Å². The number of halogens is 3. The molecule has 2 N–H and O–H groups in total. The van der Waals surface area contributed by atoms with Crippen LogP contribution in [-0.4, -0.2) is 29.2 Å². The first-order chi connectivity index (χ1) is 10.3. The molecule has 7 heteroatoms. The monoisotopic (exact) mass is 347 g/mol. The average Bonchev–Trinajstić information content (AvgIpc) is 2.84. The summed E-state index contributed by atoms with van der Waals surface area (Å²) in [6, 6.07) is 4.93. The molecule has 0 aromatic heterocycles. The van der Waals surface area contributed by atoms with Crippen molar-refractivity contribution >= 4 is 35.1 Å². The van der Waals surface area contributed by atoms with E-state index in [1.54, 1.807) is 18.2 Å². The number of hydrogen-bond acceptors (Lipinski definition) is 2. The maximum atomic E-state index is 14.5. The van der Waals surface area contributed by atoms with Crippen molar-refractivity contribution in [3.05, 3.63) is 33.8 Å². The number of alkyl halides is 1. The molecule has 1 fully saturated rings. The summed E-state index contributed by atoms with van der Waals surface area (Å²) >= 11 is 12.0. The average molecular weight is 348 g/mol. The highest BCUT2D eigenvalue weighted by Gasteiger charge is 2.42. The topological polar surface area (TPSA) is 66.4 Å². The van der Waals surface area contributed by atoms with E-state index in [1.165, 1.54) is 0 Å². The molecule has 1 saturated carbocycles. The fourth-order valence-corrected chi connectivity index (χ4v) is 3.16. The van der Waals surface area contributed by atoms with Gasteiger partial charge in [0.1, 0.15) is 5.67 Å². The van der Waals surface area contributed by atoms with Gasteiger partial charge in [0.05, 0.1) is 18.9 Å². The van der Waals surface area contributed by atoms with E-state index < -0.39 is 23.5 Å². The van der Waals surface area contributed by atoms with Crippen LogP contribution >= 0.6 is 23.2 Å². The summed E-state index contributed by atoms with van der Waals surface area (Å²) in [4.78, 5) is 22.8. The summed E-state index contributed by atoms with van der Waals surface area (Å²) in [5.41, 5.74) is -1.17. The number of carboxylic acids is 1. The van der Waals surface area contributed by atoms with Gasteiger partial charge in [0.25, 0.3) is 0 Å². The molecule has 2 rings (SSSR count). The first-order valence-corrected chi connectivity index (χ1v) is 7.68. The first-order valence-electron chi connectivity index (χ1n) is 6.92. The van der Waals surface area contributed by atoms with Crippen LogP contribution in [0.5, 0.6) is 0 Å². The van der Waals surface area contributed by atoms with E-state index in [0.717, 1.165) is 0 Å². The van der Waals surface area contributed by atoms with Gasteiger partial charge >= 0.3 is 5.97 Å². The van der Waals surface area contributed by atoms with Crippen LogP contribution in [0.1, 0.15) is 24.8 Å². The Morgan fingerprint density at radius 3 is 2.55 bits per heavy atom. The van der Waals surface area contributed by atoms with Crippen molar-refractivity contribution in [1.82, 2.24) is 5.32 Å². The zero-order valence-corrected chi connectivity index (χ0v) is 13.3. The van der Waals surface area contributed by atoms with E-state index in [-0.39, 0.29) is 32.2 Å². The molecule has 120 valence electrons. The number of rotatable bonds is 5. The van der Waals surface area contributed by atoms with Crippen LogP contribution in [0, 0.1) is 5.92 Å². The van der Waals surface area contributed by atoms with Crippen molar-refractivity contribution in [3.63, 3.8) is 0 Å². The molecular formula is C15H16Cl2FNO3. The van der Waals surface area contributed by atoms with Gasteiger partial charge in [-0.15, -0.1) is 0 Å². The lowest BCUT2D eigenvalue weighted by molar-refractivity contribution is -0.141. The van der Waals surface area contributed by atoms with Crippen LogP contribution in [0.25, 0.3) is 0 Å². The Kier molecular flexibility index (Phi) is 5.29. The van der Waals surface area contributed by atoms with Crippen molar-refractivity contribution in [2.24, 2.45) is 5.92 Å². The molecule has 1 amide bonds. The SMILES string of the molecule is O=C(Cc1c(Cl)cccc1Cl)NC[C@]1(F)CC[C@@H](C(=O)O)C1. The lowest BCUT2D eigenvalue weighted by atomic mass is 10.0. The molecule has 1 aliphatic carbocycles. The highest BCUT2D eigenvalue weighted by molar-refractivity contribution is 6.36. The van der Waals surface area contributed by atoms with Gasteiger partial charge in [-0.25, -0.2) is 4.39 Å². The Balaban J connectivity index is 1.90. The third kappa shape index (κ3) is 4.11. The van der Waals surface area contributed by atoms with Crippen molar-refractivity contribution in [2.45, 2.75) is 31.4 Å². The third-order valence-corrected chi connectivity index (χ3v) is 4.61. The number of aliphatic carboxylic acids is 1. The van der Waals surface area contributed by atoms with Gasteiger partial charge in [-0.3, -0.25) is 9.59 Å². The summed E-state index contributed by atoms with van der Waals surface area (Å²) in [7, 11) is 0. The second-order valence-electron chi connectivity index (χ2n) is 5.58. The third-order valence-electron chi connectivity index (χ3n) is 3.90. The number of nitrogens with one attached hydrogen (secondary N) is 1. The molecule has 2 atom stereocenters. The summed E-state index contributed by atoms with van der Waals surface area (Å²) in [6.07, 6.45) is 0.307. The maximum Gasteiger partial charge on any atom is 0.306 e. The Bertz CT molecular complexity index is 576. The zero-order chi connectivity index (χ0) is 16.3. The molecule has 22 heavy (non-hydrogen) atoms. The lowest BCUT2D eigenvalue weighted by Crippen LogP contribution is -2.39. The van der Waals surface area contributed by atoms with E-state index >= 15 is 0 Å². The van der Waals surface area contributed by atoms with E-state index in [0.29, 0.717) is 15.6 Å².